The molecule has 2 saturated heterocycles. The van der Waals surface area contributed by atoms with Gasteiger partial charge in [0.1, 0.15) is 0 Å². The molecule has 0 aromatic heterocycles. The van der Waals surface area contributed by atoms with Gasteiger partial charge in [0.25, 0.3) is 0 Å². The predicted octanol–water partition coefficient (Wildman–Crippen LogP) is -0.0339. The van der Waals surface area contributed by atoms with Crippen molar-refractivity contribution < 1.29 is 9.90 Å². The van der Waals surface area contributed by atoms with E-state index < -0.39 is 0 Å². The van der Waals surface area contributed by atoms with Crippen molar-refractivity contribution in [2.75, 3.05) is 13.1 Å². The lowest BCUT2D eigenvalue weighted by molar-refractivity contribution is -0.119. The molecule has 94 valence electrons. The number of likely N-dealkylation sites (tertiary alicyclic amines) is 1. The van der Waals surface area contributed by atoms with Gasteiger partial charge in [-0.15, -0.1) is 0 Å². The van der Waals surface area contributed by atoms with Crippen molar-refractivity contribution >= 4 is 5.91 Å². The molecule has 0 aromatic carbocycles. The zero-order chi connectivity index (χ0) is 11.6. The molecule has 4 aliphatic rings. The summed E-state index contributed by atoms with van der Waals surface area (Å²) in [5, 5.41) is 13.3. The van der Waals surface area contributed by atoms with E-state index in [1.807, 2.05) is 0 Å². The minimum absolute atomic E-state index is 0.101. The van der Waals surface area contributed by atoms with Crippen LogP contribution in [0.25, 0.3) is 0 Å². The van der Waals surface area contributed by atoms with Gasteiger partial charge >= 0.3 is 0 Å². The Morgan fingerprint density at radius 2 is 2.24 bits per heavy atom. The number of nitrogens with zero attached hydrogens (tertiary/aromatic N) is 1. The van der Waals surface area contributed by atoms with Crippen molar-refractivity contribution in [2.45, 2.75) is 43.9 Å². The van der Waals surface area contributed by atoms with Gasteiger partial charge in [-0.1, -0.05) is 0 Å². The molecule has 4 heteroatoms. The molecule has 17 heavy (non-hydrogen) atoms. The van der Waals surface area contributed by atoms with Crippen LogP contribution in [0.1, 0.15) is 25.7 Å². The molecule has 4 fully saturated rings. The first-order chi connectivity index (χ1) is 8.22. The maximum Gasteiger partial charge on any atom is 0.220 e. The summed E-state index contributed by atoms with van der Waals surface area (Å²) in [4.78, 5) is 13.7. The average molecular weight is 236 g/mol. The monoisotopic (exact) mass is 236 g/mol. The molecular weight excluding hydrogens is 216 g/mol. The Labute approximate surface area is 101 Å². The summed E-state index contributed by atoms with van der Waals surface area (Å²) in [6.07, 6.45) is 4.02. The molecule has 1 amide bonds. The summed E-state index contributed by atoms with van der Waals surface area (Å²) in [5.74, 6) is 2.33. The van der Waals surface area contributed by atoms with E-state index in [-0.39, 0.29) is 12.0 Å². The first-order valence-electron chi connectivity index (χ1n) is 6.94. The lowest BCUT2D eigenvalue weighted by Crippen LogP contribution is -2.46. The second-order valence-electron chi connectivity index (χ2n) is 6.39. The minimum Gasteiger partial charge on any atom is -0.391 e. The first kappa shape index (κ1) is 10.3. The summed E-state index contributed by atoms with van der Waals surface area (Å²) in [6, 6.07) is 0.725. The first-order valence-corrected chi connectivity index (χ1v) is 6.94. The number of rotatable bonds is 2. The van der Waals surface area contributed by atoms with Crippen LogP contribution < -0.4 is 5.32 Å². The van der Waals surface area contributed by atoms with Crippen molar-refractivity contribution in [1.82, 2.24) is 10.2 Å². The van der Waals surface area contributed by atoms with E-state index in [9.17, 15) is 9.90 Å². The van der Waals surface area contributed by atoms with E-state index in [1.54, 1.807) is 0 Å². The molecule has 2 bridgehead atoms. The molecule has 0 spiro atoms. The third-order valence-electron chi connectivity index (χ3n) is 5.49. The molecular formula is C13H20N2O2. The van der Waals surface area contributed by atoms with Crippen LogP contribution in [0, 0.1) is 17.8 Å². The van der Waals surface area contributed by atoms with Crippen molar-refractivity contribution in [2.24, 2.45) is 17.8 Å². The predicted molar refractivity (Wildman–Crippen MR) is 62.2 cm³/mol. The van der Waals surface area contributed by atoms with E-state index in [0.717, 1.165) is 31.3 Å². The zero-order valence-electron chi connectivity index (χ0n) is 10.0. The number of carbonyl (C=O) groups excluding carboxylic acids is 1. The highest BCUT2D eigenvalue weighted by atomic mass is 16.3. The smallest absolute Gasteiger partial charge is 0.220 e. The van der Waals surface area contributed by atoms with Crippen LogP contribution in [-0.2, 0) is 4.79 Å². The fraction of sp³-hybridized carbons (Fsp3) is 0.923. The third-order valence-corrected chi connectivity index (χ3v) is 5.49. The summed E-state index contributed by atoms with van der Waals surface area (Å²) < 4.78 is 0. The standard InChI is InChI=1S/C13H20N2O2/c16-11-2-1-9(14-11)6-15-5-8-3-7-4-10(8)12(15)13(7)17/h7-10,12-13,17H,1-6H2,(H,14,16). The fourth-order valence-corrected chi connectivity index (χ4v) is 4.84. The van der Waals surface area contributed by atoms with Gasteiger partial charge in [0, 0.05) is 31.6 Å². The molecule has 2 N–H and O–H groups in total. The van der Waals surface area contributed by atoms with E-state index in [0.29, 0.717) is 24.4 Å². The second-order valence-corrected chi connectivity index (χ2v) is 6.39. The number of carbonyl (C=O) groups is 1. The maximum absolute atomic E-state index is 11.2. The Hall–Kier alpha value is -0.610. The van der Waals surface area contributed by atoms with Crippen LogP contribution >= 0.6 is 0 Å². The number of hydrogen-bond donors (Lipinski definition) is 2. The number of aliphatic hydroxyl groups is 1. The summed E-state index contributed by atoms with van der Waals surface area (Å²) >= 11 is 0. The lowest BCUT2D eigenvalue weighted by atomic mass is 9.88. The SMILES string of the molecule is O=C1CCC(CN2CC3CC4CC3C2C4O)N1. The molecule has 6 unspecified atom stereocenters. The van der Waals surface area contributed by atoms with Crippen LogP contribution in [0.15, 0.2) is 0 Å². The Kier molecular flexibility index (Phi) is 2.10. The molecule has 0 aromatic rings. The Bertz CT molecular complexity index is 357. The lowest BCUT2D eigenvalue weighted by Gasteiger charge is -2.30. The molecule has 4 nitrogen and oxygen atoms in total. The number of aliphatic hydroxyl groups excluding tert-OH is 1. The van der Waals surface area contributed by atoms with E-state index in [2.05, 4.69) is 10.2 Å². The van der Waals surface area contributed by atoms with E-state index >= 15 is 0 Å². The van der Waals surface area contributed by atoms with E-state index in [4.69, 9.17) is 0 Å². The van der Waals surface area contributed by atoms with Crippen molar-refractivity contribution in [3.8, 4) is 0 Å². The number of nitrogens with one attached hydrogen (secondary N) is 1. The van der Waals surface area contributed by atoms with Crippen LogP contribution in [0.3, 0.4) is 0 Å². The van der Waals surface area contributed by atoms with Crippen LogP contribution in [-0.4, -0.2) is 47.2 Å². The van der Waals surface area contributed by atoms with Crippen molar-refractivity contribution in [1.29, 1.82) is 0 Å². The maximum atomic E-state index is 11.2. The van der Waals surface area contributed by atoms with Crippen LogP contribution in [0.5, 0.6) is 0 Å². The van der Waals surface area contributed by atoms with Crippen molar-refractivity contribution in [3.05, 3.63) is 0 Å². The highest BCUT2D eigenvalue weighted by molar-refractivity contribution is 5.78. The largest absolute Gasteiger partial charge is 0.391 e. The topological polar surface area (TPSA) is 52.6 Å². The Morgan fingerprint density at radius 1 is 1.35 bits per heavy atom. The van der Waals surface area contributed by atoms with Gasteiger partial charge in [-0.2, -0.15) is 0 Å². The van der Waals surface area contributed by atoms with Gasteiger partial charge in [-0.05, 0) is 37.0 Å². The van der Waals surface area contributed by atoms with Crippen LogP contribution in [0.4, 0.5) is 0 Å². The highest BCUT2D eigenvalue weighted by Crippen LogP contribution is 2.54. The van der Waals surface area contributed by atoms with Gasteiger partial charge in [0.2, 0.25) is 5.91 Å². The average Bonchev–Trinajstić information content (AvgIpc) is 2.95. The summed E-state index contributed by atoms with van der Waals surface area (Å²) in [5.41, 5.74) is 0. The summed E-state index contributed by atoms with van der Waals surface area (Å²) in [6.45, 7) is 2.10. The Morgan fingerprint density at radius 3 is 2.94 bits per heavy atom. The molecule has 2 aliphatic carbocycles. The number of amides is 1. The minimum atomic E-state index is -0.101. The summed E-state index contributed by atoms with van der Waals surface area (Å²) in [7, 11) is 0. The van der Waals surface area contributed by atoms with Gasteiger partial charge in [-0.3, -0.25) is 9.69 Å². The number of fused-ring (bicyclic) bond motifs is 1. The van der Waals surface area contributed by atoms with Gasteiger partial charge in [0.15, 0.2) is 0 Å². The quantitative estimate of drug-likeness (QED) is 0.708. The molecule has 6 atom stereocenters. The van der Waals surface area contributed by atoms with Crippen LogP contribution in [0.2, 0.25) is 0 Å². The van der Waals surface area contributed by atoms with Crippen molar-refractivity contribution in [3.63, 3.8) is 0 Å². The van der Waals surface area contributed by atoms with Gasteiger partial charge < -0.3 is 10.4 Å². The number of hydrogen-bond acceptors (Lipinski definition) is 3. The molecule has 2 aliphatic heterocycles. The third kappa shape index (κ3) is 1.40. The fourth-order valence-electron chi connectivity index (χ4n) is 4.84. The molecule has 4 rings (SSSR count). The van der Waals surface area contributed by atoms with E-state index in [1.165, 1.54) is 12.8 Å². The Balaban J connectivity index is 1.47. The second kappa shape index (κ2) is 3.45. The molecule has 2 saturated carbocycles. The highest BCUT2D eigenvalue weighted by Gasteiger charge is 2.58. The molecule has 0 radical (unpaired) electrons. The van der Waals surface area contributed by atoms with Gasteiger partial charge in [0.05, 0.1) is 6.10 Å². The van der Waals surface area contributed by atoms with Gasteiger partial charge in [-0.25, -0.2) is 0 Å². The normalized spacial score (nSPS) is 52.4. The zero-order valence-corrected chi connectivity index (χ0v) is 10.0. The molecule has 2 heterocycles.